The van der Waals surface area contributed by atoms with Gasteiger partial charge in [0.15, 0.2) is 0 Å². The number of nitrogens with one attached hydrogen (secondary N) is 1. The fourth-order valence-corrected chi connectivity index (χ4v) is 3.06. The van der Waals surface area contributed by atoms with Crippen molar-refractivity contribution in [2.45, 2.75) is 31.8 Å². The lowest BCUT2D eigenvalue weighted by Crippen LogP contribution is -2.29. The fourth-order valence-electron chi connectivity index (χ4n) is 3.06. The molecule has 1 aromatic heterocycles. The third-order valence-corrected chi connectivity index (χ3v) is 4.08. The van der Waals surface area contributed by atoms with Crippen LogP contribution in [-0.2, 0) is 12.8 Å². The summed E-state index contributed by atoms with van der Waals surface area (Å²) < 4.78 is 11.2. The van der Waals surface area contributed by atoms with Crippen LogP contribution in [0.5, 0.6) is 5.75 Å². The molecule has 22 heavy (non-hydrogen) atoms. The zero-order valence-electron chi connectivity index (χ0n) is 12.7. The minimum Gasteiger partial charge on any atom is -0.490 e. The predicted octanol–water partition coefficient (Wildman–Crippen LogP) is 1.63. The molecule has 1 aliphatic carbocycles. The summed E-state index contributed by atoms with van der Waals surface area (Å²) in [6.07, 6.45) is 3.16. The topological polar surface area (TPSA) is 71.7 Å². The van der Waals surface area contributed by atoms with Crippen molar-refractivity contribution in [2.75, 3.05) is 20.2 Å². The number of hydrogen-bond acceptors (Lipinski definition) is 5. The van der Waals surface area contributed by atoms with Crippen LogP contribution >= 0.6 is 0 Å². The Kier molecular flexibility index (Phi) is 4.45. The zero-order chi connectivity index (χ0) is 15.5. The molecule has 118 valence electrons. The first-order valence-electron chi connectivity index (χ1n) is 7.73. The van der Waals surface area contributed by atoms with Crippen molar-refractivity contribution in [1.82, 2.24) is 5.32 Å². The minimum atomic E-state index is -0.577. The highest BCUT2D eigenvalue weighted by Crippen LogP contribution is 2.33. The summed E-state index contributed by atoms with van der Waals surface area (Å²) in [6, 6.07) is 5.46. The third kappa shape index (κ3) is 2.87. The molecule has 0 saturated carbocycles. The standard InChI is InChI=1S/C17H21NO4/c1-18-9-11(19)10-21-14-7-4-8-15-16(14)12-5-2-3-6-13(12)17(20)22-15/h4,7-8,11,18-19H,2-3,5-6,9-10H2,1H3. The second-order valence-electron chi connectivity index (χ2n) is 5.71. The highest BCUT2D eigenvalue weighted by Gasteiger charge is 2.20. The van der Waals surface area contributed by atoms with Gasteiger partial charge in [0.2, 0.25) is 0 Å². The highest BCUT2D eigenvalue weighted by atomic mass is 16.5. The summed E-state index contributed by atoms with van der Waals surface area (Å²) in [5.41, 5.74) is 2.17. The molecular weight excluding hydrogens is 282 g/mol. The van der Waals surface area contributed by atoms with Gasteiger partial charge in [0.1, 0.15) is 24.0 Å². The van der Waals surface area contributed by atoms with Crippen LogP contribution in [0, 0.1) is 0 Å². The lowest BCUT2D eigenvalue weighted by Gasteiger charge is -2.19. The van der Waals surface area contributed by atoms with Gasteiger partial charge in [0.25, 0.3) is 0 Å². The van der Waals surface area contributed by atoms with Gasteiger partial charge in [-0.2, -0.15) is 0 Å². The Morgan fingerprint density at radius 3 is 2.86 bits per heavy atom. The van der Waals surface area contributed by atoms with Crippen molar-refractivity contribution in [3.05, 3.63) is 39.7 Å². The van der Waals surface area contributed by atoms with Crippen LogP contribution in [0.25, 0.3) is 11.0 Å². The molecule has 5 heteroatoms. The van der Waals surface area contributed by atoms with E-state index in [0.29, 0.717) is 17.9 Å². The molecule has 1 heterocycles. The number of benzene rings is 1. The van der Waals surface area contributed by atoms with Crippen LogP contribution in [0.1, 0.15) is 24.0 Å². The largest absolute Gasteiger partial charge is 0.490 e. The van der Waals surface area contributed by atoms with E-state index in [9.17, 15) is 9.90 Å². The quantitative estimate of drug-likeness (QED) is 0.822. The molecule has 1 aromatic carbocycles. The molecule has 0 fully saturated rings. The minimum absolute atomic E-state index is 0.202. The molecule has 3 rings (SSSR count). The Morgan fingerprint density at radius 2 is 2.09 bits per heavy atom. The van der Waals surface area contributed by atoms with E-state index in [0.717, 1.165) is 42.2 Å². The second kappa shape index (κ2) is 6.50. The summed E-state index contributed by atoms with van der Waals surface area (Å²) in [7, 11) is 1.78. The van der Waals surface area contributed by atoms with E-state index >= 15 is 0 Å². The van der Waals surface area contributed by atoms with E-state index < -0.39 is 6.10 Å². The predicted molar refractivity (Wildman–Crippen MR) is 84.6 cm³/mol. The van der Waals surface area contributed by atoms with Gasteiger partial charge in [-0.1, -0.05) is 6.07 Å². The van der Waals surface area contributed by atoms with Gasteiger partial charge in [-0.15, -0.1) is 0 Å². The van der Waals surface area contributed by atoms with Gasteiger partial charge < -0.3 is 19.6 Å². The Labute approximate surface area is 128 Å². The van der Waals surface area contributed by atoms with E-state index in [1.807, 2.05) is 6.07 Å². The van der Waals surface area contributed by atoms with E-state index in [-0.39, 0.29) is 12.2 Å². The first kappa shape index (κ1) is 15.1. The fraction of sp³-hybridized carbons (Fsp3) is 0.471. The van der Waals surface area contributed by atoms with Gasteiger partial charge in [0, 0.05) is 12.1 Å². The molecule has 0 spiro atoms. The maximum absolute atomic E-state index is 12.1. The number of rotatable bonds is 5. The smallest absolute Gasteiger partial charge is 0.339 e. The van der Waals surface area contributed by atoms with Crippen LogP contribution in [0.4, 0.5) is 0 Å². The number of aliphatic hydroxyl groups is 1. The summed E-state index contributed by atoms with van der Waals surface area (Å²) in [5.74, 6) is 0.676. The van der Waals surface area contributed by atoms with E-state index in [1.165, 1.54) is 0 Å². The normalized spacial score (nSPS) is 15.5. The van der Waals surface area contributed by atoms with Gasteiger partial charge in [-0.05, 0) is 50.4 Å². The first-order valence-corrected chi connectivity index (χ1v) is 7.73. The third-order valence-electron chi connectivity index (χ3n) is 4.08. The van der Waals surface area contributed by atoms with Gasteiger partial charge >= 0.3 is 5.63 Å². The van der Waals surface area contributed by atoms with E-state index in [4.69, 9.17) is 9.15 Å². The second-order valence-corrected chi connectivity index (χ2v) is 5.71. The summed E-state index contributed by atoms with van der Waals surface area (Å²) >= 11 is 0. The molecule has 0 saturated heterocycles. The van der Waals surface area contributed by atoms with Crippen LogP contribution in [0.2, 0.25) is 0 Å². The molecule has 0 amide bonds. The van der Waals surface area contributed by atoms with Gasteiger partial charge in [-0.25, -0.2) is 4.79 Å². The van der Waals surface area contributed by atoms with Crippen molar-refractivity contribution >= 4 is 11.0 Å². The SMILES string of the molecule is CNCC(O)COc1cccc2oc(=O)c3c(c12)CCCC3. The molecular formula is C17H21NO4. The molecule has 5 nitrogen and oxygen atoms in total. The average molecular weight is 303 g/mol. The molecule has 2 aromatic rings. The van der Waals surface area contributed by atoms with E-state index in [1.54, 1.807) is 19.2 Å². The molecule has 0 bridgehead atoms. The number of likely N-dealkylation sites (N-methyl/N-ethyl adjacent to an activating group) is 1. The van der Waals surface area contributed by atoms with Crippen molar-refractivity contribution in [1.29, 1.82) is 0 Å². The van der Waals surface area contributed by atoms with E-state index in [2.05, 4.69) is 5.32 Å². The Morgan fingerprint density at radius 1 is 1.32 bits per heavy atom. The van der Waals surface area contributed by atoms with Gasteiger partial charge in [-0.3, -0.25) is 0 Å². The lowest BCUT2D eigenvalue weighted by molar-refractivity contribution is 0.109. The molecule has 1 aliphatic rings. The van der Waals surface area contributed by atoms with Crippen molar-refractivity contribution in [2.24, 2.45) is 0 Å². The number of aryl methyl sites for hydroxylation is 1. The molecule has 1 atom stereocenters. The number of ether oxygens (including phenoxy) is 1. The lowest BCUT2D eigenvalue weighted by atomic mass is 9.90. The molecule has 2 N–H and O–H groups in total. The average Bonchev–Trinajstić information content (AvgIpc) is 2.53. The molecule has 0 aliphatic heterocycles. The van der Waals surface area contributed by atoms with Crippen molar-refractivity contribution in [3.8, 4) is 5.75 Å². The maximum Gasteiger partial charge on any atom is 0.339 e. The van der Waals surface area contributed by atoms with Crippen LogP contribution in [-0.4, -0.2) is 31.4 Å². The van der Waals surface area contributed by atoms with Crippen LogP contribution < -0.4 is 15.7 Å². The number of fused-ring (bicyclic) bond motifs is 3. The number of hydrogen-bond donors (Lipinski definition) is 2. The van der Waals surface area contributed by atoms with Crippen LogP contribution in [0.15, 0.2) is 27.4 Å². The zero-order valence-corrected chi connectivity index (χ0v) is 12.7. The van der Waals surface area contributed by atoms with Crippen molar-refractivity contribution < 1.29 is 14.3 Å². The summed E-state index contributed by atoms with van der Waals surface area (Å²) in [5, 5.41) is 13.6. The van der Waals surface area contributed by atoms with Crippen LogP contribution in [0.3, 0.4) is 0 Å². The summed E-state index contributed by atoms with van der Waals surface area (Å²) in [4.78, 5) is 12.1. The Bertz CT molecular complexity index is 722. The van der Waals surface area contributed by atoms with Gasteiger partial charge in [0.05, 0.1) is 5.39 Å². The van der Waals surface area contributed by atoms with Crippen molar-refractivity contribution in [3.63, 3.8) is 0 Å². The molecule has 0 radical (unpaired) electrons. The number of aliphatic hydroxyl groups excluding tert-OH is 1. The summed E-state index contributed by atoms with van der Waals surface area (Å²) in [6.45, 7) is 0.672. The highest BCUT2D eigenvalue weighted by molar-refractivity contribution is 5.87. The monoisotopic (exact) mass is 303 g/mol. The Hall–Kier alpha value is -1.85. The Balaban J connectivity index is 2.02. The maximum atomic E-state index is 12.1. The first-order chi connectivity index (χ1) is 10.7. The molecule has 1 unspecified atom stereocenters.